The zero-order chi connectivity index (χ0) is 23.3. The molecule has 0 heterocycles. The molecular weight excluding hydrogens is 404 g/mol. The van der Waals surface area contributed by atoms with Crippen molar-refractivity contribution in [3.63, 3.8) is 0 Å². The van der Waals surface area contributed by atoms with Crippen molar-refractivity contribution in [2.45, 2.75) is 33.1 Å². The van der Waals surface area contributed by atoms with Crippen molar-refractivity contribution in [2.75, 3.05) is 13.2 Å². The van der Waals surface area contributed by atoms with Gasteiger partial charge in [0.2, 0.25) is 0 Å². The van der Waals surface area contributed by atoms with Gasteiger partial charge < -0.3 is 14.6 Å². The van der Waals surface area contributed by atoms with Crippen LogP contribution in [0.5, 0.6) is 11.5 Å². The molecule has 0 unspecified atom stereocenters. The first-order chi connectivity index (χ1) is 15.4. The number of hydrogen-bond acceptors (Lipinski definition) is 4. The molecule has 168 valence electrons. The number of aliphatic carboxylic acids is 1. The molecule has 0 amide bonds. The molecule has 1 N–H and O–H groups in total. The molecule has 0 radical (unpaired) electrons. The van der Waals surface area contributed by atoms with Crippen LogP contribution in [0, 0.1) is 0 Å². The van der Waals surface area contributed by atoms with Gasteiger partial charge in [-0.2, -0.15) is 0 Å². The van der Waals surface area contributed by atoms with E-state index in [0.29, 0.717) is 29.2 Å². The van der Waals surface area contributed by atoms with Gasteiger partial charge in [-0.05, 0) is 87.2 Å². The number of hydrogen-bond donors (Lipinski definition) is 1. The largest absolute Gasteiger partial charge is 0.490 e. The van der Waals surface area contributed by atoms with Gasteiger partial charge in [-0.1, -0.05) is 23.8 Å². The van der Waals surface area contributed by atoms with Gasteiger partial charge in [0.1, 0.15) is 18.1 Å². The highest BCUT2D eigenvalue weighted by Gasteiger charge is 2.08. The standard InChI is InChI=1S/C27H30O5/c1-4-5-6-7-21-8-9-23(26(18-21)32-19-27(29)30)12-15-25(28)22-10-13-24(14-11-22)31-17-16-20(2)3/h4,8-16,18H,1,5-7,17,19H2,2-3H3,(H,29,30)/b15-12+. The van der Waals surface area contributed by atoms with Gasteiger partial charge in [0, 0.05) is 11.1 Å². The van der Waals surface area contributed by atoms with E-state index in [1.807, 2.05) is 44.2 Å². The Morgan fingerprint density at radius 1 is 1.06 bits per heavy atom. The van der Waals surface area contributed by atoms with E-state index >= 15 is 0 Å². The number of carboxylic acid groups (broad SMARTS) is 1. The van der Waals surface area contributed by atoms with Gasteiger partial charge in [-0.25, -0.2) is 4.79 Å². The van der Waals surface area contributed by atoms with Gasteiger partial charge in [0.05, 0.1) is 0 Å². The van der Waals surface area contributed by atoms with Gasteiger partial charge >= 0.3 is 5.97 Å². The molecule has 0 aliphatic rings. The van der Waals surface area contributed by atoms with Crippen LogP contribution in [0.3, 0.4) is 0 Å². The number of carbonyl (C=O) groups is 2. The Morgan fingerprint density at radius 3 is 2.47 bits per heavy atom. The summed E-state index contributed by atoms with van der Waals surface area (Å²) in [4.78, 5) is 23.5. The SMILES string of the molecule is C=CCCCc1ccc(/C=C/C(=O)c2ccc(OCC=C(C)C)cc2)c(OCC(=O)O)c1. The molecule has 2 aromatic rings. The van der Waals surface area contributed by atoms with E-state index < -0.39 is 12.6 Å². The monoisotopic (exact) mass is 434 g/mol. The zero-order valence-corrected chi connectivity index (χ0v) is 18.7. The Hall–Kier alpha value is -3.60. The molecule has 5 nitrogen and oxygen atoms in total. The van der Waals surface area contributed by atoms with Crippen molar-refractivity contribution in [1.29, 1.82) is 0 Å². The summed E-state index contributed by atoms with van der Waals surface area (Å²) < 4.78 is 11.1. The Balaban J connectivity index is 2.10. The third-order valence-electron chi connectivity index (χ3n) is 4.60. The van der Waals surface area contributed by atoms with Gasteiger partial charge in [-0.3, -0.25) is 4.79 Å². The van der Waals surface area contributed by atoms with Crippen LogP contribution in [0.4, 0.5) is 0 Å². The number of unbranched alkanes of at least 4 members (excludes halogenated alkanes) is 1. The minimum Gasteiger partial charge on any atom is -0.490 e. The van der Waals surface area contributed by atoms with Crippen LogP contribution in [0.25, 0.3) is 6.08 Å². The zero-order valence-electron chi connectivity index (χ0n) is 18.7. The number of carbonyl (C=O) groups excluding carboxylic acids is 1. The number of allylic oxidation sites excluding steroid dienone is 3. The number of aryl methyl sites for hydroxylation is 1. The van der Waals surface area contributed by atoms with Crippen molar-refractivity contribution in [3.05, 3.63) is 89.5 Å². The van der Waals surface area contributed by atoms with Crippen LogP contribution in [-0.2, 0) is 11.2 Å². The van der Waals surface area contributed by atoms with Crippen molar-refractivity contribution >= 4 is 17.8 Å². The van der Waals surface area contributed by atoms with Gasteiger partial charge in [0.15, 0.2) is 12.4 Å². The highest BCUT2D eigenvalue weighted by molar-refractivity contribution is 6.07. The lowest BCUT2D eigenvalue weighted by atomic mass is 10.0. The number of ether oxygens (including phenoxy) is 2. The first-order valence-electron chi connectivity index (χ1n) is 10.6. The van der Waals surface area contributed by atoms with E-state index in [1.165, 1.54) is 11.6 Å². The molecule has 0 saturated heterocycles. The minimum atomic E-state index is -1.06. The summed E-state index contributed by atoms with van der Waals surface area (Å²) in [5.41, 5.74) is 3.40. The highest BCUT2D eigenvalue weighted by Crippen LogP contribution is 2.24. The minimum absolute atomic E-state index is 0.167. The molecule has 0 bridgehead atoms. The fourth-order valence-electron chi connectivity index (χ4n) is 2.87. The molecule has 0 atom stereocenters. The molecule has 2 rings (SSSR count). The van der Waals surface area contributed by atoms with Crippen molar-refractivity contribution in [1.82, 2.24) is 0 Å². The predicted octanol–water partition coefficient (Wildman–Crippen LogP) is 5.90. The van der Waals surface area contributed by atoms with Crippen molar-refractivity contribution in [2.24, 2.45) is 0 Å². The lowest BCUT2D eigenvalue weighted by Crippen LogP contribution is -2.10. The van der Waals surface area contributed by atoms with E-state index in [-0.39, 0.29) is 5.78 Å². The number of rotatable bonds is 13. The van der Waals surface area contributed by atoms with Gasteiger partial charge in [-0.15, -0.1) is 6.58 Å². The average molecular weight is 435 g/mol. The summed E-state index contributed by atoms with van der Waals surface area (Å²) in [5.74, 6) is -0.0879. The Labute approximate surface area is 189 Å². The summed E-state index contributed by atoms with van der Waals surface area (Å²) in [6.07, 6.45) is 9.64. The normalized spacial score (nSPS) is 10.6. The molecule has 0 fully saturated rings. The Kier molecular flexibility index (Phi) is 9.98. The predicted molar refractivity (Wildman–Crippen MR) is 127 cm³/mol. The molecular formula is C27H30O5. The molecule has 0 aromatic heterocycles. The second kappa shape index (κ2) is 13.0. The molecule has 5 heteroatoms. The quantitative estimate of drug-likeness (QED) is 0.184. The topological polar surface area (TPSA) is 72.8 Å². The summed E-state index contributed by atoms with van der Waals surface area (Å²) in [6.45, 7) is 7.77. The summed E-state index contributed by atoms with van der Waals surface area (Å²) >= 11 is 0. The van der Waals surface area contributed by atoms with E-state index in [2.05, 4.69) is 6.58 Å². The van der Waals surface area contributed by atoms with E-state index in [9.17, 15) is 9.59 Å². The molecule has 2 aromatic carbocycles. The molecule has 0 saturated carbocycles. The highest BCUT2D eigenvalue weighted by atomic mass is 16.5. The van der Waals surface area contributed by atoms with Crippen LogP contribution in [-0.4, -0.2) is 30.1 Å². The van der Waals surface area contributed by atoms with E-state index in [0.717, 1.165) is 24.8 Å². The number of carboxylic acids is 1. The molecule has 0 aliphatic heterocycles. The summed E-state index contributed by atoms with van der Waals surface area (Å²) in [6, 6.07) is 12.6. The van der Waals surface area contributed by atoms with Crippen molar-refractivity contribution in [3.8, 4) is 11.5 Å². The van der Waals surface area contributed by atoms with E-state index in [4.69, 9.17) is 14.6 Å². The summed E-state index contributed by atoms with van der Waals surface area (Å²) in [5, 5.41) is 8.96. The lowest BCUT2D eigenvalue weighted by molar-refractivity contribution is -0.139. The molecule has 0 aliphatic carbocycles. The fourth-order valence-corrected chi connectivity index (χ4v) is 2.87. The van der Waals surface area contributed by atoms with E-state index in [1.54, 1.807) is 30.3 Å². The third kappa shape index (κ3) is 8.64. The molecule has 0 spiro atoms. The van der Waals surface area contributed by atoms with Crippen LogP contribution in [0.2, 0.25) is 0 Å². The first-order valence-corrected chi connectivity index (χ1v) is 10.6. The maximum atomic E-state index is 12.6. The first kappa shape index (κ1) is 24.7. The second-order valence-electron chi connectivity index (χ2n) is 7.55. The van der Waals surface area contributed by atoms with Crippen LogP contribution >= 0.6 is 0 Å². The number of benzene rings is 2. The number of ketones is 1. The van der Waals surface area contributed by atoms with Crippen LogP contribution in [0.15, 0.2) is 72.8 Å². The molecule has 32 heavy (non-hydrogen) atoms. The van der Waals surface area contributed by atoms with Crippen LogP contribution < -0.4 is 9.47 Å². The average Bonchev–Trinajstić information content (AvgIpc) is 2.77. The van der Waals surface area contributed by atoms with Crippen LogP contribution in [0.1, 0.15) is 48.2 Å². The third-order valence-corrected chi connectivity index (χ3v) is 4.60. The fraction of sp³-hybridized carbons (Fsp3) is 0.259. The smallest absolute Gasteiger partial charge is 0.341 e. The Bertz CT molecular complexity index is 980. The second-order valence-corrected chi connectivity index (χ2v) is 7.55. The van der Waals surface area contributed by atoms with Gasteiger partial charge in [0.25, 0.3) is 0 Å². The van der Waals surface area contributed by atoms with Crippen molar-refractivity contribution < 1.29 is 24.2 Å². The maximum Gasteiger partial charge on any atom is 0.341 e. The summed E-state index contributed by atoms with van der Waals surface area (Å²) in [7, 11) is 0. The maximum absolute atomic E-state index is 12.6. The Morgan fingerprint density at radius 2 is 1.81 bits per heavy atom. The lowest BCUT2D eigenvalue weighted by Gasteiger charge is -2.10.